The maximum Gasteiger partial charge on any atom is 0.252 e. The molecule has 0 radical (unpaired) electrons. The molecule has 1 atom stereocenters. The predicted octanol–water partition coefficient (Wildman–Crippen LogP) is 3.19. The molecule has 5 rings (SSSR count). The first-order valence-electron chi connectivity index (χ1n) is 11.5. The number of H-pyrrole nitrogens is 1. The summed E-state index contributed by atoms with van der Waals surface area (Å²) >= 11 is 0. The Bertz CT molecular complexity index is 1330. The summed E-state index contributed by atoms with van der Waals surface area (Å²) in [5.74, 6) is 0.398. The minimum absolute atomic E-state index is 0.0960. The van der Waals surface area contributed by atoms with Crippen LogP contribution >= 0.6 is 0 Å². The molecule has 9 heteroatoms. The van der Waals surface area contributed by atoms with E-state index in [2.05, 4.69) is 25.4 Å². The Morgan fingerprint density at radius 1 is 1.18 bits per heavy atom. The van der Waals surface area contributed by atoms with E-state index in [4.69, 9.17) is 4.74 Å². The standard InChI is InChI=1S/C25H27FN6O2/c1-17-4-7-19-12-20(25(33)27-23(19)11-17)14-31(15-22-3-2-10-34-22)16-24-28-29-30-32(24)13-18-5-8-21(26)9-6-18/h4-9,11-12,22H,2-3,10,13-16H2,1H3,(H,27,33)/t22-/m0/s1. The zero-order valence-corrected chi connectivity index (χ0v) is 19.1. The topological polar surface area (TPSA) is 88.9 Å². The molecule has 0 spiro atoms. The van der Waals surface area contributed by atoms with E-state index in [1.807, 2.05) is 31.2 Å². The molecule has 4 aromatic rings. The van der Waals surface area contributed by atoms with Gasteiger partial charge in [-0.25, -0.2) is 9.07 Å². The monoisotopic (exact) mass is 462 g/mol. The number of tetrazole rings is 1. The number of fused-ring (bicyclic) bond motifs is 1. The third-order valence-corrected chi connectivity index (χ3v) is 6.17. The van der Waals surface area contributed by atoms with E-state index in [9.17, 15) is 9.18 Å². The maximum absolute atomic E-state index is 13.3. The maximum atomic E-state index is 13.3. The average Bonchev–Trinajstić information content (AvgIpc) is 3.48. The molecule has 0 saturated carbocycles. The van der Waals surface area contributed by atoms with E-state index in [0.717, 1.165) is 41.5 Å². The van der Waals surface area contributed by atoms with Crippen molar-refractivity contribution in [1.29, 1.82) is 0 Å². The molecule has 2 aromatic carbocycles. The van der Waals surface area contributed by atoms with Crippen LogP contribution in [0.4, 0.5) is 4.39 Å². The summed E-state index contributed by atoms with van der Waals surface area (Å²) in [6, 6.07) is 14.3. The minimum atomic E-state index is -0.279. The lowest BCUT2D eigenvalue weighted by atomic mass is 10.1. The lowest BCUT2D eigenvalue weighted by molar-refractivity contribution is 0.0663. The largest absolute Gasteiger partial charge is 0.377 e. The van der Waals surface area contributed by atoms with Gasteiger partial charge < -0.3 is 9.72 Å². The van der Waals surface area contributed by atoms with Gasteiger partial charge in [0, 0.05) is 30.8 Å². The van der Waals surface area contributed by atoms with Crippen molar-refractivity contribution in [2.75, 3.05) is 13.2 Å². The molecule has 176 valence electrons. The van der Waals surface area contributed by atoms with Crippen LogP contribution in [0.15, 0.2) is 53.3 Å². The summed E-state index contributed by atoms with van der Waals surface area (Å²) in [6.07, 6.45) is 2.14. The van der Waals surface area contributed by atoms with Crippen molar-refractivity contribution in [2.24, 2.45) is 0 Å². The predicted molar refractivity (Wildman–Crippen MR) is 126 cm³/mol. The summed E-state index contributed by atoms with van der Waals surface area (Å²) in [4.78, 5) is 18.0. The zero-order chi connectivity index (χ0) is 23.5. The first-order valence-corrected chi connectivity index (χ1v) is 11.5. The van der Waals surface area contributed by atoms with Crippen molar-refractivity contribution < 1.29 is 9.13 Å². The first kappa shape index (κ1) is 22.4. The normalized spacial score (nSPS) is 16.0. The summed E-state index contributed by atoms with van der Waals surface area (Å²) in [6.45, 7) is 4.78. The van der Waals surface area contributed by atoms with E-state index in [1.165, 1.54) is 12.1 Å². The van der Waals surface area contributed by atoms with Crippen LogP contribution in [0.25, 0.3) is 10.9 Å². The van der Waals surface area contributed by atoms with Crippen molar-refractivity contribution in [3.05, 3.63) is 87.2 Å². The third-order valence-electron chi connectivity index (χ3n) is 6.17. The van der Waals surface area contributed by atoms with Gasteiger partial charge in [0.1, 0.15) is 5.82 Å². The number of rotatable bonds is 8. The Morgan fingerprint density at radius 3 is 2.82 bits per heavy atom. The van der Waals surface area contributed by atoms with Crippen molar-refractivity contribution in [3.63, 3.8) is 0 Å². The first-order chi connectivity index (χ1) is 16.5. The molecule has 1 aliphatic rings. The van der Waals surface area contributed by atoms with E-state index < -0.39 is 0 Å². The van der Waals surface area contributed by atoms with Crippen molar-refractivity contribution in [2.45, 2.75) is 45.5 Å². The number of pyridine rings is 1. The molecule has 1 N–H and O–H groups in total. The third kappa shape index (κ3) is 5.21. The van der Waals surface area contributed by atoms with Gasteiger partial charge in [0.2, 0.25) is 0 Å². The summed E-state index contributed by atoms with van der Waals surface area (Å²) in [7, 11) is 0. The van der Waals surface area contributed by atoms with E-state index in [-0.39, 0.29) is 17.5 Å². The van der Waals surface area contributed by atoms with Gasteiger partial charge in [0.25, 0.3) is 5.56 Å². The Hall–Kier alpha value is -3.43. The van der Waals surface area contributed by atoms with Crippen LogP contribution in [0.5, 0.6) is 0 Å². The molecule has 8 nitrogen and oxygen atoms in total. The van der Waals surface area contributed by atoms with Gasteiger partial charge in [-0.05, 0) is 71.0 Å². The summed E-state index contributed by atoms with van der Waals surface area (Å²) in [5.41, 5.74) is 3.43. The van der Waals surface area contributed by atoms with Gasteiger partial charge in [-0.1, -0.05) is 24.3 Å². The highest BCUT2D eigenvalue weighted by atomic mass is 19.1. The van der Waals surface area contributed by atoms with Crippen LogP contribution < -0.4 is 5.56 Å². The highest BCUT2D eigenvalue weighted by Gasteiger charge is 2.22. The number of nitrogens with one attached hydrogen (secondary N) is 1. The van der Waals surface area contributed by atoms with Gasteiger partial charge in [0.05, 0.1) is 19.2 Å². The number of halogens is 1. The molecule has 0 aliphatic carbocycles. The number of aryl methyl sites for hydroxylation is 1. The Morgan fingerprint density at radius 2 is 2.03 bits per heavy atom. The fourth-order valence-corrected chi connectivity index (χ4v) is 4.40. The van der Waals surface area contributed by atoms with Crippen molar-refractivity contribution in [3.8, 4) is 0 Å². The Kier molecular flexibility index (Phi) is 6.46. The number of hydrogen-bond donors (Lipinski definition) is 1. The number of aromatic nitrogens is 5. The zero-order valence-electron chi connectivity index (χ0n) is 19.1. The van der Waals surface area contributed by atoms with Crippen LogP contribution in [-0.2, 0) is 24.4 Å². The van der Waals surface area contributed by atoms with Gasteiger partial charge in [-0.15, -0.1) is 5.10 Å². The second kappa shape index (κ2) is 9.82. The second-order valence-electron chi connectivity index (χ2n) is 8.90. The van der Waals surface area contributed by atoms with E-state index in [1.54, 1.807) is 16.8 Å². The van der Waals surface area contributed by atoms with Crippen LogP contribution in [0.1, 0.15) is 35.4 Å². The Labute approximate surface area is 196 Å². The molecular weight excluding hydrogens is 435 g/mol. The molecule has 1 saturated heterocycles. The molecule has 2 aromatic heterocycles. The molecule has 34 heavy (non-hydrogen) atoms. The highest BCUT2D eigenvalue weighted by molar-refractivity contribution is 5.79. The number of aromatic amines is 1. The minimum Gasteiger partial charge on any atom is -0.377 e. The Balaban J connectivity index is 1.39. The average molecular weight is 463 g/mol. The number of nitrogens with zero attached hydrogens (tertiary/aromatic N) is 5. The van der Waals surface area contributed by atoms with Crippen LogP contribution in [0.3, 0.4) is 0 Å². The second-order valence-corrected chi connectivity index (χ2v) is 8.90. The van der Waals surface area contributed by atoms with Gasteiger partial charge in [0.15, 0.2) is 5.82 Å². The van der Waals surface area contributed by atoms with E-state index >= 15 is 0 Å². The van der Waals surface area contributed by atoms with Crippen LogP contribution in [0.2, 0.25) is 0 Å². The van der Waals surface area contributed by atoms with Crippen molar-refractivity contribution in [1.82, 2.24) is 30.1 Å². The van der Waals surface area contributed by atoms with E-state index in [0.29, 0.717) is 37.6 Å². The fraction of sp³-hybridized carbons (Fsp3) is 0.360. The number of benzene rings is 2. The molecule has 3 heterocycles. The van der Waals surface area contributed by atoms with Gasteiger partial charge in [-0.3, -0.25) is 9.69 Å². The molecule has 1 aliphatic heterocycles. The highest BCUT2D eigenvalue weighted by Crippen LogP contribution is 2.18. The lowest BCUT2D eigenvalue weighted by Gasteiger charge is -2.24. The van der Waals surface area contributed by atoms with Gasteiger partial charge in [-0.2, -0.15) is 0 Å². The molecule has 0 unspecified atom stereocenters. The van der Waals surface area contributed by atoms with Crippen LogP contribution in [0, 0.1) is 12.7 Å². The van der Waals surface area contributed by atoms with Gasteiger partial charge >= 0.3 is 0 Å². The lowest BCUT2D eigenvalue weighted by Crippen LogP contribution is -2.34. The molecular formula is C25H27FN6O2. The van der Waals surface area contributed by atoms with Crippen LogP contribution in [-0.4, -0.2) is 49.3 Å². The smallest absolute Gasteiger partial charge is 0.252 e. The molecule has 0 bridgehead atoms. The number of ether oxygens (including phenoxy) is 1. The SMILES string of the molecule is Cc1ccc2cc(CN(Cc3nnnn3Cc3ccc(F)cc3)C[C@@H]3CCCO3)c(=O)[nH]c2c1. The summed E-state index contributed by atoms with van der Waals surface area (Å²) in [5, 5.41) is 13.2. The summed E-state index contributed by atoms with van der Waals surface area (Å²) < 4.78 is 20.9. The number of hydrogen-bond acceptors (Lipinski definition) is 6. The quantitative estimate of drug-likeness (QED) is 0.433. The fourth-order valence-electron chi connectivity index (χ4n) is 4.40. The van der Waals surface area contributed by atoms with Crippen molar-refractivity contribution >= 4 is 10.9 Å². The molecule has 0 amide bonds. The molecule has 1 fully saturated rings.